The lowest BCUT2D eigenvalue weighted by atomic mass is 10.1. The Bertz CT molecular complexity index is 584. The zero-order valence-corrected chi connectivity index (χ0v) is 11.6. The van der Waals surface area contributed by atoms with E-state index in [-0.39, 0.29) is 5.91 Å². The van der Waals surface area contributed by atoms with E-state index in [9.17, 15) is 4.79 Å². The van der Waals surface area contributed by atoms with Crippen LogP contribution in [-0.4, -0.2) is 27.3 Å². The van der Waals surface area contributed by atoms with Crippen molar-refractivity contribution in [3.63, 3.8) is 0 Å². The van der Waals surface area contributed by atoms with Gasteiger partial charge in [0.05, 0.1) is 17.6 Å². The van der Waals surface area contributed by atoms with Crippen LogP contribution in [0.5, 0.6) is 0 Å². The summed E-state index contributed by atoms with van der Waals surface area (Å²) < 4.78 is 0. The number of hydrogen-bond donors (Lipinski definition) is 2. The molecule has 2 aromatic rings. The monoisotopic (exact) mass is 271 g/mol. The standard InChI is InChI=1S/C14H17N5O/c1-10-13(11(2)18-17-10)6-7-14(20)19-16-9-12-5-3-4-8-15-12/h3-5,8-9H,6-7H2,1-2H3,(H,17,18)(H,19,20)/b16-9-. The van der Waals surface area contributed by atoms with E-state index in [0.717, 1.165) is 17.0 Å². The number of nitrogens with zero attached hydrogens (tertiary/aromatic N) is 3. The Balaban J connectivity index is 1.80. The van der Waals surface area contributed by atoms with E-state index in [0.29, 0.717) is 18.5 Å². The first-order chi connectivity index (χ1) is 9.66. The van der Waals surface area contributed by atoms with Gasteiger partial charge in [-0.3, -0.25) is 14.9 Å². The minimum absolute atomic E-state index is 0.128. The lowest BCUT2D eigenvalue weighted by Crippen LogP contribution is -2.18. The van der Waals surface area contributed by atoms with E-state index in [4.69, 9.17) is 0 Å². The summed E-state index contributed by atoms with van der Waals surface area (Å²) in [5, 5.41) is 10.9. The van der Waals surface area contributed by atoms with Gasteiger partial charge in [0.1, 0.15) is 0 Å². The fraction of sp³-hybridized carbons (Fsp3) is 0.286. The maximum atomic E-state index is 11.7. The quantitative estimate of drug-likeness (QED) is 0.638. The topological polar surface area (TPSA) is 83.0 Å². The first-order valence-corrected chi connectivity index (χ1v) is 6.40. The number of aromatic nitrogens is 3. The second kappa shape index (κ2) is 6.60. The Kier molecular flexibility index (Phi) is 4.60. The molecule has 0 aliphatic rings. The van der Waals surface area contributed by atoms with Crippen LogP contribution in [0.2, 0.25) is 0 Å². The summed E-state index contributed by atoms with van der Waals surface area (Å²) in [6, 6.07) is 5.50. The zero-order chi connectivity index (χ0) is 14.4. The van der Waals surface area contributed by atoms with Gasteiger partial charge in [-0.25, -0.2) is 5.43 Å². The van der Waals surface area contributed by atoms with Crippen molar-refractivity contribution in [3.8, 4) is 0 Å². The van der Waals surface area contributed by atoms with Crippen LogP contribution in [0.25, 0.3) is 0 Å². The van der Waals surface area contributed by atoms with Crippen molar-refractivity contribution >= 4 is 12.1 Å². The van der Waals surface area contributed by atoms with Gasteiger partial charge < -0.3 is 0 Å². The summed E-state index contributed by atoms with van der Waals surface area (Å²) in [6.07, 6.45) is 4.22. The Morgan fingerprint density at radius 3 is 2.95 bits per heavy atom. The van der Waals surface area contributed by atoms with E-state index >= 15 is 0 Å². The third kappa shape index (κ3) is 3.74. The lowest BCUT2D eigenvalue weighted by Gasteiger charge is -2.01. The SMILES string of the molecule is Cc1n[nH]c(C)c1CCC(=O)N/N=C\c1ccccn1. The molecule has 0 radical (unpaired) electrons. The molecule has 1 amide bonds. The van der Waals surface area contributed by atoms with E-state index in [1.807, 2.05) is 32.0 Å². The average Bonchev–Trinajstić information content (AvgIpc) is 2.77. The maximum Gasteiger partial charge on any atom is 0.240 e. The Morgan fingerprint density at radius 1 is 1.45 bits per heavy atom. The highest BCUT2D eigenvalue weighted by atomic mass is 16.2. The summed E-state index contributed by atoms with van der Waals surface area (Å²) in [5.41, 5.74) is 6.23. The molecule has 20 heavy (non-hydrogen) atoms. The molecule has 0 aromatic carbocycles. The number of pyridine rings is 1. The van der Waals surface area contributed by atoms with E-state index in [1.54, 1.807) is 6.20 Å². The van der Waals surface area contributed by atoms with E-state index in [2.05, 4.69) is 25.7 Å². The molecule has 0 bridgehead atoms. The summed E-state index contributed by atoms with van der Waals surface area (Å²) in [7, 11) is 0. The summed E-state index contributed by atoms with van der Waals surface area (Å²) in [6.45, 7) is 3.88. The van der Waals surface area contributed by atoms with Crippen LogP contribution in [0, 0.1) is 13.8 Å². The molecule has 104 valence electrons. The van der Waals surface area contributed by atoms with Crippen molar-refractivity contribution in [1.29, 1.82) is 0 Å². The van der Waals surface area contributed by atoms with Crippen LogP contribution in [0.4, 0.5) is 0 Å². The molecule has 0 fully saturated rings. The number of carbonyl (C=O) groups excluding carboxylic acids is 1. The highest BCUT2D eigenvalue weighted by Crippen LogP contribution is 2.11. The third-order valence-electron chi connectivity index (χ3n) is 2.96. The molecule has 0 spiro atoms. The van der Waals surface area contributed by atoms with Gasteiger partial charge in [0.2, 0.25) is 5.91 Å². The number of nitrogens with one attached hydrogen (secondary N) is 2. The number of hydrazone groups is 1. The van der Waals surface area contributed by atoms with Gasteiger partial charge in [0.15, 0.2) is 0 Å². The van der Waals surface area contributed by atoms with Crippen LogP contribution in [-0.2, 0) is 11.2 Å². The first-order valence-electron chi connectivity index (χ1n) is 6.40. The molecular formula is C14H17N5O. The molecule has 0 aliphatic heterocycles. The first kappa shape index (κ1) is 13.9. The number of amides is 1. The number of rotatable bonds is 5. The zero-order valence-electron chi connectivity index (χ0n) is 11.6. The molecule has 0 saturated heterocycles. The molecule has 2 heterocycles. The molecule has 2 aromatic heterocycles. The number of H-pyrrole nitrogens is 1. The van der Waals surface area contributed by atoms with Crippen LogP contribution in [0.1, 0.15) is 29.1 Å². The number of hydrogen-bond acceptors (Lipinski definition) is 4. The van der Waals surface area contributed by atoms with Crippen molar-refractivity contribution in [3.05, 3.63) is 47.0 Å². The highest BCUT2D eigenvalue weighted by molar-refractivity contribution is 5.80. The predicted molar refractivity (Wildman–Crippen MR) is 76.4 cm³/mol. The highest BCUT2D eigenvalue weighted by Gasteiger charge is 2.08. The van der Waals surface area contributed by atoms with Gasteiger partial charge in [0, 0.05) is 18.3 Å². The van der Waals surface area contributed by atoms with Gasteiger partial charge in [-0.1, -0.05) is 6.07 Å². The van der Waals surface area contributed by atoms with Crippen LogP contribution >= 0.6 is 0 Å². The van der Waals surface area contributed by atoms with Gasteiger partial charge in [0.25, 0.3) is 0 Å². The summed E-state index contributed by atoms with van der Waals surface area (Å²) in [4.78, 5) is 15.7. The van der Waals surface area contributed by atoms with Crippen molar-refractivity contribution in [2.45, 2.75) is 26.7 Å². The molecule has 2 rings (SSSR count). The van der Waals surface area contributed by atoms with Crippen LogP contribution < -0.4 is 5.43 Å². The summed E-state index contributed by atoms with van der Waals surface area (Å²) >= 11 is 0. The fourth-order valence-electron chi connectivity index (χ4n) is 1.86. The van der Waals surface area contributed by atoms with Crippen molar-refractivity contribution in [1.82, 2.24) is 20.6 Å². The van der Waals surface area contributed by atoms with Gasteiger partial charge in [-0.05, 0) is 38.0 Å². The van der Waals surface area contributed by atoms with Gasteiger partial charge >= 0.3 is 0 Å². The number of carbonyl (C=O) groups is 1. The largest absolute Gasteiger partial charge is 0.282 e. The van der Waals surface area contributed by atoms with Gasteiger partial charge in [-0.2, -0.15) is 10.2 Å². The Labute approximate surface area is 117 Å². The number of aryl methyl sites for hydroxylation is 2. The normalized spacial score (nSPS) is 10.9. The van der Waals surface area contributed by atoms with Crippen molar-refractivity contribution in [2.24, 2.45) is 5.10 Å². The molecule has 0 atom stereocenters. The summed E-state index contributed by atoms with van der Waals surface area (Å²) in [5.74, 6) is -0.128. The van der Waals surface area contributed by atoms with Crippen molar-refractivity contribution < 1.29 is 4.79 Å². The predicted octanol–water partition coefficient (Wildman–Crippen LogP) is 1.50. The second-order valence-corrected chi connectivity index (χ2v) is 4.46. The number of aromatic amines is 1. The second-order valence-electron chi connectivity index (χ2n) is 4.46. The van der Waals surface area contributed by atoms with E-state index < -0.39 is 0 Å². The maximum absolute atomic E-state index is 11.7. The fourth-order valence-corrected chi connectivity index (χ4v) is 1.86. The lowest BCUT2D eigenvalue weighted by molar-refractivity contribution is -0.121. The molecule has 0 saturated carbocycles. The smallest absolute Gasteiger partial charge is 0.240 e. The molecule has 0 aliphatic carbocycles. The molecule has 6 nitrogen and oxygen atoms in total. The van der Waals surface area contributed by atoms with E-state index in [1.165, 1.54) is 6.21 Å². The molecule has 0 unspecified atom stereocenters. The minimum Gasteiger partial charge on any atom is -0.282 e. The van der Waals surface area contributed by atoms with Crippen molar-refractivity contribution in [2.75, 3.05) is 0 Å². The van der Waals surface area contributed by atoms with Crippen LogP contribution in [0.15, 0.2) is 29.5 Å². The third-order valence-corrected chi connectivity index (χ3v) is 2.96. The van der Waals surface area contributed by atoms with Crippen LogP contribution in [0.3, 0.4) is 0 Å². The molecular weight excluding hydrogens is 254 g/mol. The average molecular weight is 271 g/mol. The molecule has 6 heteroatoms. The Morgan fingerprint density at radius 2 is 2.30 bits per heavy atom. The Hall–Kier alpha value is -2.50. The minimum atomic E-state index is -0.128. The molecule has 2 N–H and O–H groups in total. The van der Waals surface area contributed by atoms with Gasteiger partial charge in [-0.15, -0.1) is 0 Å².